The van der Waals surface area contributed by atoms with Crippen molar-refractivity contribution in [2.24, 2.45) is 5.92 Å². The Balaban J connectivity index is 1.62. The highest BCUT2D eigenvalue weighted by Gasteiger charge is 2.21. The summed E-state index contributed by atoms with van der Waals surface area (Å²) in [6.07, 6.45) is 3.83. The average Bonchev–Trinajstić information content (AvgIpc) is 3.06. The van der Waals surface area contributed by atoms with Crippen molar-refractivity contribution in [1.82, 2.24) is 10.3 Å². The lowest BCUT2D eigenvalue weighted by Crippen LogP contribution is -2.24. The van der Waals surface area contributed by atoms with Crippen LogP contribution in [-0.4, -0.2) is 17.6 Å². The van der Waals surface area contributed by atoms with E-state index >= 15 is 0 Å². The van der Waals surface area contributed by atoms with Crippen LogP contribution in [0.1, 0.15) is 24.8 Å². The lowest BCUT2D eigenvalue weighted by molar-refractivity contribution is 0.508. The Morgan fingerprint density at radius 3 is 3.00 bits per heavy atom. The normalized spacial score (nSPS) is 17.5. The zero-order valence-electron chi connectivity index (χ0n) is 10.1. The van der Waals surface area contributed by atoms with Crippen LogP contribution in [-0.2, 0) is 6.42 Å². The molecule has 2 aromatic rings. The number of hydrogen-bond donors (Lipinski definition) is 1. The highest BCUT2D eigenvalue weighted by atomic mass is 32.1. The van der Waals surface area contributed by atoms with Gasteiger partial charge in [0.25, 0.3) is 0 Å². The number of hydrogen-bond acceptors (Lipinski definition) is 3. The topological polar surface area (TPSA) is 24.9 Å². The van der Waals surface area contributed by atoms with Crippen molar-refractivity contribution in [3.05, 3.63) is 29.3 Å². The van der Waals surface area contributed by atoms with Crippen LogP contribution in [0.25, 0.3) is 10.2 Å². The van der Waals surface area contributed by atoms with Gasteiger partial charge in [0.2, 0.25) is 0 Å². The quantitative estimate of drug-likeness (QED) is 0.876. The molecule has 0 aliphatic heterocycles. The zero-order chi connectivity index (χ0) is 11.7. The molecule has 1 unspecified atom stereocenters. The van der Waals surface area contributed by atoms with E-state index in [1.165, 1.54) is 22.5 Å². The van der Waals surface area contributed by atoms with E-state index in [4.69, 9.17) is 0 Å². The molecule has 1 fully saturated rings. The van der Waals surface area contributed by atoms with Crippen LogP contribution in [0.15, 0.2) is 24.3 Å². The van der Waals surface area contributed by atoms with Crippen LogP contribution in [0.2, 0.25) is 0 Å². The monoisotopic (exact) mass is 246 g/mol. The smallest absolute Gasteiger partial charge is 0.0941 e. The number of aromatic nitrogens is 1. The molecular weight excluding hydrogens is 228 g/mol. The molecule has 0 spiro atoms. The van der Waals surface area contributed by atoms with Gasteiger partial charge in [-0.3, -0.25) is 0 Å². The Morgan fingerprint density at radius 2 is 2.24 bits per heavy atom. The van der Waals surface area contributed by atoms with Gasteiger partial charge in [0.1, 0.15) is 0 Å². The molecule has 17 heavy (non-hydrogen) atoms. The predicted molar refractivity (Wildman–Crippen MR) is 73.5 cm³/mol. The van der Waals surface area contributed by atoms with E-state index in [0.717, 1.165) is 24.5 Å². The Kier molecular flexibility index (Phi) is 3.12. The van der Waals surface area contributed by atoms with Gasteiger partial charge in [0, 0.05) is 12.5 Å². The van der Waals surface area contributed by atoms with Crippen LogP contribution in [0.5, 0.6) is 0 Å². The van der Waals surface area contributed by atoms with Crippen molar-refractivity contribution in [3.63, 3.8) is 0 Å². The summed E-state index contributed by atoms with van der Waals surface area (Å²) in [6.45, 7) is 3.43. The summed E-state index contributed by atoms with van der Waals surface area (Å²) in [6, 6.07) is 9.21. The second-order valence-electron chi connectivity index (χ2n) is 5.07. The van der Waals surface area contributed by atoms with Gasteiger partial charge in [-0.25, -0.2) is 4.98 Å². The van der Waals surface area contributed by atoms with E-state index in [-0.39, 0.29) is 0 Å². The summed E-state index contributed by atoms with van der Waals surface area (Å²) < 4.78 is 1.31. The molecule has 0 amide bonds. The first-order valence-electron chi connectivity index (χ1n) is 6.39. The first-order valence-corrected chi connectivity index (χ1v) is 7.21. The first-order chi connectivity index (χ1) is 8.31. The Hall–Kier alpha value is -0.930. The highest BCUT2D eigenvalue weighted by molar-refractivity contribution is 7.18. The lowest BCUT2D eigenvalue weighted by atomic mass is 10.1. The number of para-hydroxylation sites is 1. The van der Waals surface area contributed by atoms with Crippen molar-refractivity contribution < 1.29 is 0 Å². The minimum atomic E-state index is 0.677. The van der Waals surface area contributed by atoms with E-state index in [0.29, 0.717) is 5.92 Å². The standard InChI is InChI=1S/C14H18N2S/c1-10(9-15-11-6-7-11)8-14-16-12-4-2-3-5-13(12)17-14/h2-5,10-11,15H,6-9H2,1H3. The molecule has 1 heterocycles. The van der Waals surface area contributed by atoms with Crippen molar-refractivity contribution in [2.45, 2.75) is 32.2 Å². The van der Waals surface area contributed by atoms with Crippen LogP contribution in [0.3, 0.4) is 0 Å². The van der Waals surface area contributed by atoms with Gasteiger partial charge in [-0.15, -0.1) is 11.3 Å². The minimum absolute atomic E-state index is 0.677. The Bertz CT molecular complexity index is 469. The molecule has 1 aromatic carbocycles. The number of rotatable bonds is 5. The van der Waals surface area contributed by atoms with Crippen LogP contribution >= 0.6 is 11.3 Å². The number of benzene rings is 1. The second-order valence-corrected chi connectivity index (χ2v) is 6.18. The molecule has 3 rings (SSSR count). The number of fused-ring (bicyclic) bond motifs is 1. The van der Waals surface area contributed by atoms with Gasteiger partial charge in [0.05, 0.1) is 15.2 Å². The summed E-state index contributed by atoms with van der Waals surface area (Å²) in [5, 5.41) is 4.86. The molecule has 1 aliphatic rings. The molecule has 1 aliphatic carbocycles. The Labute approximate surface area is 106 Å². The van der Waals surface area contributed by atoms with Crippen LogP contribution in [0, 0.1) is 5.92 Å². The molecule has 1 atom stereocenters. The van der Waals surface area contributed by atoms with Gasteiger partial charge < -0.3 is 5.32 Å². The molecule has 3 heteroatoms. The SMILES string of the molecule is CC(CNC1CC1)Cc1nc2ccccc2s1. The molecule has 0 radical (unpaired) electrons. The van der Waals surface area contributed by atoms with Crippen molar-refractivity contribution in [1.29, 1.82) is 0 Å². The fourth-order valence-corrected chi connectivity index (χ4v) is 3.16. The van der Waals surface area contributed by atoms with Gasteiger partial charge in [-0.2, -0.15) is 0 Å². The van der Waals surface area contributed by atoms with E-state index < -0.39 is 0 Å². The molecule has 1 N–H and O–H groups in total. The third-order valence-electron chi connectivity index (χ3n) is 3.19. The van der Waals surface area contributed by atoms with E-state index in [2.05, 4.69) is 41.5 Å². The Morgan fingerprint density at radius 1 is 1.41 bits per heavy atom. The molecular formula is C14H18N2S. The van der Waals surface area contributed by atoms with Crippen molar-refractivity contribution in [2.75, 3.05) is 6.54 Å². The van der Waals surface area contributed by atoms with Gasteiger partial charge in [0.15, 0.2) is 0 Å². The molecule has 2 nitrogen and oxygen atoms in total. The number of nitrogens with zero attached hydrogens (tertiary/aromatic N) is 1. The summed E-state index contributed by atoms with van der Waals surface area (Å²) in [4.78, 5) is 4.69. The number of nitrogens with one attached hydrogen (secondary N) is 1. The molecule has 1 saturated carbocycles. The summed E-state index contributed by atoms with van der Waals surface area (Å²) in [5.41, 5.74) is 1.15. The predicted octanol–water partition coefficient (Wildman–Crippen LogP) is 3.23. The summed E-state index contributed by atoms with van der Waals surface area (Å²) >= 11 is 1.84. The zero-order valence-corrected chi connectivity index (χ0v) is 11.0. The van der Waals surface area contributed by atoms with E-state index in [9.17, 15) is 0 Å². The molecule has 0 bridgehead atoms. The van der Waals surface area contributed by atoms with E-state index in [1.807, 2.05) is 11.3 Å². The fraction of sp³-hybridized carbons (Fsp3) is 0.500. The second kappa shape index (κ2) is 4.75. The fourth-order valence-electron chi connectivity index (χ4n) is 2.03. The largest absolute Gasteiger partial charge is 0.314 e. The van der Waals surface area contributed by atoms with Crippen LogP contribution in [0.4, 0.5) is 0 Å². The lowest BCUT2D eigenvalue weighted by Gasteiger charge is -2.09. The third-order valence-corrected chi connectivity index (χ3v) is 4.25. The first kappa shape index (κ1) is 11.2. The van der Waals surface area contributed by atoms with Crippen LogP contribution < -0.4 is 5.32 Å². The van der Waals surface area contributed by atoms with Crippen molar-refractivity contribution >= 4 is 21.6 Å². The maximum Gasteiger partial charge on any atom is 0.0941 e. The molecule has 0 saturated heterocycles. The third kappa shape index (κ3) is 2.85. The highest BCUT2D eigenvalue weighted by Crippen LogP contribution is 2.24. The molecule has 1 aromatic heterocycles. The molecule has 90 valence electrons. The maximum atomic E-state index is 4.69. The van der Waals surface area contributed by atoms with Gasteiger partial charge >= 0.3 is 0 Å². The number of thiazole rings is 1. The summed E-state index contributed by atoms with van der Waals surface area (Å²) in [5.74, 6) is 0.677. The van der Waals surface area contributed by atoms with E-state index in [1.54, 1.807) is 0 Å². The minimum Gasteiger partial charge on any atom is -0.314 e. The van der Waals surface area contributed by atoms with Gasteiger partial charge in [-0.05, 0) is 37.4 Å². The summed E-state index contributed by atoms with van der Waals surface area (Å²) in [7, 11) is 0. The maximum absolute atomic E-state index is 4.69. The average molecular weight is 246 g/mol. The van der Waals surface area contributed by atoms with Gasteiger partial charge in [-0.1, -0.05) is 19.1 Å². The van der Waals surface area contributed by atoms with Crippen molar-refractivity contribution in [3.8, 4) is 0 Å².